The number of anilines is 3. The molecule has 0 aliphatic heterocycles. The smallest absolute Gasteiger partial charge is 0.228 e. The predicted molar refractivity (Wildman–Crippen MR) is 227 cm³/mol. The van der Waals surface area contributed by atoms with E-state index in [1.807, 2.05) is 30.3 Å². The van der Waals surface area contributed by atoms with Gasteiger partial charge in [-0.05, 0) is 99.1 Å². The van der Waals surface area contributed by atoms with E-state index in [-0.39, 0.29) is 0 Å². The highest BCUT2D eigenvalue weighted by molar-refractivity contribution is 6.13. The van der Waals surface area contributed by atoms with Crippen molar-refractivity contribution in [3.05, 3.63) is 194 Å². The molecule has 0 aliphatic rings. The molecule has 0 fully saturated rings. The van der Waals surface area contributed by atoms with Crippen LogP contribution in [0.15, 0.2) is 203 Å². The molecule has 11 aromatic rings. The molecule has 2 heterocycles. The van der Waals surface area contributed by atoms with Gasteiger partial charge >= 0.3 is 0 Å². The Morgan fingerprint density at radius 3 is 1.95 bits per heavy atom. The van der Waals surface area contributed by atoms with Crippen molar-refractivity contribution in [3.8, 4) is 33.7 Å². The van der Waals surface area contributed by atoms with E-state index in [2.05, 4.69) is 169 Å². The Morgan fingerprint density at radius 2 is 1.05 bits per heavy atom. The lowest BCUT2D eigenvalue weighted by Crippen LogP contribution is -2.10. The van der Waals surface area contributed by atoms with Gasteiger partial charge in [-0.1, -0.05) is 127 Å². The van der Waals surface area contributed by atoms with E-state index in [4.69, 9.17) is 13.8 Å². The van der Waals surface area contributed by atoms with Gasteiger partial charge in [0.2, 0.25) is 5.89 Å². The Morgan fingerprint density at radius 1 is 0.382 bits per heavy atom. The van der Waals surface area contributed by atoms with E-state index >= 15 is 0 Å². The van der Waals surface area contributed by atoms with Crippen molar-refractivity contribution < 1.29 is 8.83 Å². The van der Waals surface area contributed by atoms with Gasteiger partial charge in [0.05, 0.1) is 0 Å². The first kappa shape index (κ1) is 31.1. The van der Waals surface area contributed by atoms with Crippen molar-refractivity contribution in [2.24, 2.45) is 0 Å². The van der Waals surface area contributed by atoms with Crippen LogP contribution in [0, 0.1) is 0 Å². The molecule has 0 saturated heterocycles. The van der Waals surface area contributed by atoms with Gasteiger partial charge in [-0.15, -0.1) is 0 Å². The molecule has 0 N–H and O–H groups in total. The van der Waals surface area contributed by atoms with E-state index in [9.17, 15) is 0 Å². The molecule has 0 aliphatic carbocycles. The summed E-state index contributed by atoms with van der Waals surface area (Å²) in [6.45, 7) is 0. The Bertz CT molecular complexity index is 3210. The quantitative estimate of drug-likeness (QED) is 0.173. The van der Waals surface area contributed by atoms with Gasteiger partial charge in [-0.25, -0.2) is 4.98 Å². The van der Waals surface area contributed by atoms with E-state index in [0.717, 1.165) is 72.0 Å². The minimum Gasteiger partial charge on any atom is -0.456 e. The number of aromatic nitrogens is 1. The van der Waals surface area contributed by atoms with Gasteiger partial charge in [0.25, 0.3) is 0 Å². The number of oxazole rings is 1. The molecular weight excluding hydrogens is 673 g/mol. The highest BCUT2D eigenvalue weighted by Gasteiger charge is 2.20. The fraction of sp³-hybridized carbons (Fsp3) is 0. The van der Waals surface area contributed by atoms with Gasteiger partial charge in [-0.3, -0.25) is 0 Å². The molecule has 0 atom stereocenters. The molecule has 4 heteroatoms. The topological polar surface area (TPSA) is 42.4 Å². The lowest BCUT2D eigenvalue weighted by molar-refractivity contribution is 0.623. The maximum Gasteiger partial charge on any atom is 0.228 e. The second kappa shape index (κ2) is 12.6. The third-order valence-electron chi connectivity index (χ3n) is 10.7. The molecule has 4 nitrogen and oxygen atoms in total. The fourth-order valence-electron chi connectivity index (χ4n) is 7.98. The summed E-state index contributed by atoms with van der Waals surface area (Å²) in [5.41, 5.74) is 11.9. The SMILES string of the molecule is c1ccc(-c2cccc(N(c3ccc(-c4ccc5ccccc5c4)cc3)c3ccc4c(c3)oc3cccc(-c5nc6ccc7ccccc7c6o5)c34)c2)cc1. The Kier molecular flexibility index (Phi) is 7.14. The summed E-state index contributed by atoms with van der Waals surface area (Å²) in [6, 6.07) is 68.2. The van der Waals surface area contributed by atoms with Crippen LogP contribution < -0.4 is 4.90 Å². The molecule has 11 rings (SSSR count). The molecule has 0 bridgehead atoms. The Hall–Kier alpha value is -7.43. The minimum absolute atomic E-state index is 0.578. The second-order valence-corrected chi connectivity index (χ2v) is 14.0. The first-order valence-corrected chi connectivity index (χ1v) is 18.5. The van der Waals surface area contributed by atoms with E-state index in [1.165, 1.54) is 27.5 Å². The molecule has 9 aromatic carbocycles. The molecule has 0 spiro atoms. The van der Waals surface area contributed by atoms with Crippen LogP contribution in [0.5, 0.6) is 0 Å². The summed E-state index contributed by atoms with van der Waals surface area (Å²) in [5.74, 6) is 0.578. The molecular formula is C51H32N2O2. The lowest BCUT2D eigenvalue weighted by Gasteiger charge is -2.26. The van der Waals surface area contributed by atoms with Crippen molar-refractivity contribution in [2.75, 3.05) is 4.90 Å². The second-order valence-electron chi connectivity index (χ2n) is 14.0. The molecule has 258 valence electrons. The van der Waals surface area contributed by atoms with Crippen LogP contribution >= 0.6 is 0 Å². The van der Waals surface area contributed by atoms with Crippen LogP contribution in [-0.4, -0.2) is 4.98 Å². The molecule has 0 amide bonds. The van der Waals surface area contributed by atoms with Crippen LogP contribution in [0.25, 0.3) is 88.3 Å². The summed E-state index contributed by atoms with van der Waals surface area (Å²) in [4.78, 5) is 7.26. The van der Waals surface area contributed by atoms with E-state index < -0.39 is 0 Å². The molecule has 0 unspecified atom stereocenters. The maximum atomic E-state index is 6.63. The van der Waals surface area contributed by atoms with Gasteiger partial charge in [0, 0.05) is 44.9 Å². The van der Waals surface area contributed by atoms with Gasteiger partial charge < -0.3 is 13.7 Å². The zero-order chi connectivity index (χ0) is 36.3. The molecule has 0 radical (unpaired) electrons. The first-order chi connectivity index (χ1) is 27.2. The number of fused-ring (bicyclic) bond motifs is 7. The zero-order valence-corrected chi connectivity index (χ0v) is 29.7. The number of rotatable bonds is 6. The molecule has 0 saturated carbocycles. The largest absolute Gasteiger partial charge is 0.456 e. The van der Waals surface area contributed by atoms with Gasteiger partial charge in [0.15, 0.2) is 5.58 Å². The third kappa shape index (κ3) is 5.34. The number of hydrogen-bond acceptors (Lipinski definition) is 4. The average molecular weight is 705 g/mol. The Labute approximate surface area is 317 Å². The van der Waals surface area contributed by atoms with Crippen LogP contribution in [0.4, 0.5) is 17.1 Å². The zero-order valence-electron chi connectivity index (χ0n) is 29.7. The normalized spacial score (nSPS) is 11.6. The van der Waals surface area contributed by atoms with Crippen molar-refractivity contribution in [2.45, 2.75) is 0 Å². The van der Waals surface area contributed by atoms with Crippen LogP contribution in [0.2, 0.25) is 0 Å². The standard InChI is InChI=1S/C51H32N2O2/c1-2-10-33(11-3-1)38-15-8-16-41(31-38)53(40-25-22-35(23-26-40)39-21-20-34-12-4-5-14-37(34)30-39)42-27-28-44-48(32-42)54-47-19-9-18-45(49(44)47)51-52-46-29-24-36-13-6-7-17-43(36)50(46)55-51/h1-32H. The van der Waals surface area contributed by atoms with E-state index in [0.29, 0.717) is 5.89 Å². The summed E-state index contributed by atoms with van der Waals surface area (Å²) >= 11 is 0. The highest BCUT2D eigenvalue weighted by atomic mass is 16.3. The van der Waals surface area contributed by atoms with Crippen molar-refractivity contribution in [3.63, 3.8) is 0 Å². The molecule has 2 aromatic heterocycles. The van der Waals surface area contributed by atoms with Crippen LogP contribution in [0.1, 0.15) is 0 Å². The summed E-state index contributed by atoms with van der Waals surface area (Å²) in [5, 5.41) is 6.63. The van der Waals surface area contributed by atoms with Crippen LogP contribution in [-0.2, 0) is 0 Å². The van der Waals surface area contributed by atoms with Gasteiger partial charge in [-0.2, -0.15) is 0 Å². The summed E-state index contributed by atoms with van der Waals surface area (Å²) in [6.07, 6.45) is 0. The third-order valence-corrected chi connectivity index (χ3v) is 10.7. The predicted octanol–water partition coefficient (Wildman–Crippen LogP) is 14.5. The minimum atomic E-state index is 0.578. The van der Waals surface area contributed by atoms with Crippen molar-refractivity contribution in [1.82, 2.24) is 4.98 Å². The fourth-order valence-corrected chi connectivity index (χ4v) is 7.98. The van der Waals surface area contributed by atoms with Crippen LogP contribution in [0.3, 0.4) is 0 Å². The number of benzene rings is 9. The van der Waals surface area contributed by atoms with Gasteiger partial charge in [0.1, 0.15) is 16.7 Å². The number of nitrogens with zero attached hydrogens (tertiary/aromatic N) is 2. The first-order valence-electron chi connectivity index (χ1n) is 18.5. The Balaban J connectivity index is 1.04. The average Bonchev–Trinajstić information content (AvgIpc) is 3.86. The summed E-state index contributed by atoms with van der Waals surface area (Å²) < 4.78 is 13.2. The highest BCUT2D eigenvalue weighted by Crippen LogP contribution is 2.43. The maximum absolute atomic E-state index is 6.63. The van der Waals surface area contributed by atoms with Crippen molar-refractivity contribution >= 4 is 71.6 Å². The number of hydrogen-bond donors (Lipinski definition) is 0. The summed E-state index contributed by atoms with van der Waals surface area (Å²) in [7, 11) is 0. The molecule has 55 heavy (non-hydrogen) atoms. The number of furan rings is 1. The lowest BCUT2D eigenvalue weighted by atomic mass is 10.0. The van der Waals surface area contributed by atoms with Crippen molar-refractivity contribution in [1.29, 1.82) is 0 Å². The van der Waals surface area contributed by atoms with E-state index in [1.54, 1.807) is 0 Å². The monoisotopic (exact) mass is 704 g/mol.